The van der Waals surface area contributed by atoms with Crippen molar-refractivity contribution in [1.82, 2.24) is 9.21 Å². The molecule has 3 fully saturated rings. The first-order chi connectivity index (χ1) is 15.0. The molecular formula is C23H35N3O4S. The van der Waals surface area contributed by atoms with Crippen molar-refractivity contribution in [1.29, 1.82) is 0 Å². The van der Waals surface area contributed by atoms with Crippen molar-refractivity contribution in [3.63, 3.8) is 0 Å². The summed E-state index contributed by atoms with van der Waals surface area (Å²) in [4.78, 5) is 15.3. The number of ether oxygens (including phenoxy) is 1. The van der Waals surface area contributed by atoms with Gasteiger partial charge in [-0.2, -0.15) is 4.31 Å². The fourth-order valence-electron chi connectivity index (χ4n) is 5.44. The van der Waals surface area contributed by atoms with Crippen LogP contribution in [-0.4, -0.2) is 62.4 Å². The van der Waals surface area contributed by atoms with Gasteiger partial charge in [0, 0.05) is 24.8 Å². The Morgan fingerprint density at radius 3 is 2.58 bits per heavy atom. The lowest BCUT2D eigenvalue weighted by Gasteiger charge is -2.43. The van der Waals surface area contributed by atoms with Gasteiger partial charge in [0.1, 0.15) is 10.6 Å². The van der Waals surface area contributed by atoms with Crippen molar-refractivity contribution in [2.45, 2.75) is 69.2 Å². The summed E-state index contributed by atoms with van der Waals surface area (Å²) in [5.74, 6) is 0.978. The zero-order valence-corrected chi connectivity index (χ0v) is 19.3. The fraction of sp³-hybridized carbons (Fsp3) is 0.696. The molecule has 172 valence electrons. The summed E-state index contributed by atoms with van der Waals surface area (Å²) in [6, 6.07) is 5.45. The Hall–Kier alpha value is -1.64. The third-order valence-corrected chi connectivity index (χ3v) is 8.83. The first kappa shape index (κ1) is 22.6. The van der Waals surface area contributed by atoms with Gasteiger partial charge >= 0.3 is 0 Å². The van der Waals surface area contributed by atoms with E-state index in [1.165, 1.54) is 36.4 Å². The molecule has 2 saturated heterocycles. The van der Waals surface area contributed by atoms with Crippen LogP contribution in [0.1, 0.15) is 58.3 Å². The zero-order valence-electron chi connectivity index (χ0n) is 18.5. The monoisotopic (exact) mass is 449 g/mol. The first-order valence-corrected chi connectivity index (χ1v) is 13.2. The maximum absolute atomic E-state index is 13.2. The van der Waals surface area contributed by atoms with E-state index in [2.05, 4.69) is 10.2 Å². The van der Waals surface area contributed by atoms with Gasteiger partial charge in [-0.25, -0.2) is 8.42 Å². The molecule has 31 heavy (non-hydrogen) atoms. The van der Waals surface area contributed by atoms with Gasteiger partial charge in [-0.05, 0) is 76.1 Å². The van der Waals surface area contributed by atoms with Crippen LogP contribution < -0.4 is 10.1 Å². The molecular weight excluding hydrogens is 414 g/mol. The van der Waals surface area contributed by atoms with Gasteiger partial charge in [0.2, 0.25) is 15.9 Å². The van der Waals surface area contributed by atoms with Crippen LogP contribution in [0.25, 0.3) is 0 Å². The summed E-state index contributed by atoms with van der Waals surface area (Å²) in [5.41, 5.74) is 0.503. The van der Waals surface area contributed by atoms with Gasteiger partial charge in [-0.1, -0.05) is 12.8 Å². The molecule has 0 aromatic heterocycles. The highest BCUT2D eigenvalue weighted by molar-refractivity contribution is 7.89. The molecule has 7 nitrogen and oxygen atoms in total. The van der Waals surface area contributed by atoms with Crippen molar-refractivity contribution in [2.24, 2.45) is 5.92 Å². The molecule has 1 aliphatic carbocycles. The highest BCUT2D eigenvalue weighted by Crippen LogP contribution is 2.35. The lowest BCUT2D eigenvalue weighted by molar-refractivity contribution is -0.118. The molecule has 2 heterocycles. The quantitative estimate of drug-likeness (QED) is 0.690. The van der Waals surface area contributed by atoms with E-state index in [0.717, 1.165) is 31.7 Å². The summed E-state index contributed by atoms with van der Waals surface area (Å²) >= 11 is 0. The average Bonchev–Trinajstić information content (AvgIpc) is 3.31. The molecule has 0 unspecified atom stereocenters. The topological polar surface area (TPSA) is 79.0 Å². The SMILES string of the molecule is CCOc1ccc(NC(=O)CN2CCC[C@@H]3CCCC[C@H]32)cc1S(=O)(=O)N1CCCC1. The number of hydrogen-bond acceptors (Lipinski definition) is 5. The Balaban J connectivity index is 1.48. The molecule has 3 aliphatic rings. The Bertz CT molecular complexity index is 881. The minimum absolute atomic E-state index is 0.0834. The third kappa shape index (κ3) is 5.07. The van der Waals surface area contributed by atoms with Crippen molar-refractivity contribution in [3.8, 4) is 5.75 Å². The maximum Gasteiger partial charge on any atom is 0.246 e. The molecule has 8 heteroatoms. The number of nitrogens with one attached hydrogen (secondary N) is 1. The molecule has 1 amide bonds. The number of benzene rings is 1. The van der Waals surface area contributed by atoms with Gasteiger partial charge in [0.05, 0.1) is 13.2 Å². The summed E-state index contributed by atoms with van der Waals surface area (Å²) in [6.45, 7) is 4.60. The van der Waals surface area contributed by atoms with Crippen molar-refractivity contribution in [2.75, 3.05) is 38.1 Å². The van der Waals surface area contributed by atoms with E-state index in [0.29, 0.717) is 43.7 Å². The van der Waals surface area contributed by atoms with E-state index >= 15 is 0 Å². The van der Waals surface area contributed by atoms with Crippen LogP contribution in [0.15, 0.2) is 23.1 Å². The van der Waals surface area contributed by atoms with Crippen molar-refractivity contribution >= 4 is 21.6 Å². The van der Waals surface area contributed by atoms with Crippen molar-refractivity contribution < 1.29 is 17.9 Å². The van der Waals surface area contributed by atoms with Crippen LogP contribution in [0.5, 0.6) is 5.75 Å². The summed E-state index contributed by atoms with van der Waals surface area (Å²) in [7, 11) is -3.65. The van der Waals surface area contributed by atoms with E-state index < -0.39 is 10.0 Å². The van der Waals surface area contributed by atoms with Crippen LogP contribution >= 0.6 is 0 Å². The molecule has 0 radical (unpaired) electrons. The number of rotatable bonds is 7. The number of fused-ring (bicyclic) bond motifs is 1. The van der Waals surface area contributed by atoms with Gasteiger partial charge < -0.3 is 10.1 Å². The van der Waals surface area contributed by atoms with Gasteiger partial charge in [0.15, 0.2) is 0 Å². The Kier molecular flexibility index (Phi) is 7.19. The summed E-state index contributed by atoms with van der Waals surface area (Å²) < 4.78 is 33.4. The van der Waals surface area contributed by atoms with Crippen LogP contribution in [-0.2, 0) is 14.8 Å². The number of nitrogens with zero attached hydrogens (tertiary/aromatic N) is 2. The van der Waals surface area contributed by atoms with Crippen LogP contribution in [0, 0.1) is 5.92 Å². The predicted octanol–water partition coefficient (Wildman–Crippen LogP) is 3.46. The molecule has 1 saturated carbocycles. The lowest BCUT2D eigenvalue weighted by atomic mass is 9.78. The fourth-order valence-corrected chi connectivity index (χ4v) is 7.11. The number of piperidine rings is 1. The second kappa shape index (κ2) is 9.88. The first-order valence-electron chi connectivity index (χ1n) is 11.8. The minimum atomic E-state index is -3.65. The smallest absolute Gasteiger partial charge is 0.246 e. The number of anilines is 1. The van der Waals surface area contributed by atoms with Gasteiger partial charge in [0.25, 0.3) is 0 Å². The number of likely N-dealkylation sites (tertiary alicyclic amines) is 1. The number of carbonyl (C=O) groups is 1. The Morgan fingerprint density at radius 1 is 1.06 bits per heavy atom. The van der Waals surface area contributed by atoms with E-state index in [9.17, 15) is 13.2 Å². The molecule has 1 aromatic carbocycles. The number of hydrogen-bond donors (Lipinski definition) is 1. The maximum atomic E-state index is 13.2. The number of carbonyl (C=O) groups excluding carboxylic acids is 1. The minimum Gasteiger partial charge on any atom is -0.492 e. The van der Waals surface area contributed by atoms with Crippen LogP contribution in [0.4, 0.5) is 5.69 Å². The molecule has 0 bridgehead atoms. The Labute approximate surface area is 186 Å². The normalized spacial score (nSPS) is 25.2. The van der Waals surface area contributed by atoms with Gasteiger partial charge in [-0.15, -0.1) is 0 Å². The number of sulfonamides is 1. The highest BCUT2D eigenvalue weighted by Gasteiger charge is 2.34. The lowest BCUT2D eigenvalue weighted by Crippen LogP contribution is -2.49. The van der Waals surface area contributed by atoms with Crippen LogP contribution in [0.2, 0.25) is 0 Å². The summed E-state index contributed by atoms with van der Waals surface area (Å²) in [6.07, 6.45) is 9.18. The Morgan fingerprint density at radius 2 is 1.81 bits per heavy atom. The van der Waals surface area contributed by atoms with E-state index in [1.807, 2.05) is 6.92 Å². The molecule has 1 aromatic rings. The van der Waals surface area contributed by atoms with Gasteiger partial charge in [-0.3, -0.25) is 9.69 Å². The molecule has 0 spiro atoms. The van der Waals surface area contributed by atoms with E-state index in [4.69, 9.17) is 4.74 Å². The second-order valence-electron chi connectivity index (χ2n) is 8.98. The molecule has 2 atom stereocenters. The third-order valence-electron chi connectivity index (χ3n) is 6.92. The van der Waals surface area contributed by atoms with E-state index in [-0.39, 0.29) is 10.8 Å². The second-order valence-corrected chi connectivity index (χ2v) is 10.9. The molecule has 4 rings (SSSR count). The predicted molar refractivity (Wildman–Crippen MR) is 121 cm³/mol. The largest absolute Gasteiger partial charge is 0.492 e. The molecule has 2 aliphatic heterocycles. The summed E-state index contributed by atoms with van der Waals surface area (Å²) in [5, 5.41) is 2.94. The van der Waals surface area contributed by atoms with Crippen molar-refractivity contribution in [3.05, 3.63) is 18.2 Å². The van der Waals surface area contributed by atoms with Crippen LogP contribution in [0.3, 0.4) is 0 Å². The standard InChI is InChI=1S/C23H35N3O4S/c1-2-30-21-12-11-19(16-22(21)31(28,29)26-14-5-6-15-26)24-23(27)17-25-13-7-9-18-8-3-4-10-20(18)25/h11-12,16,18,20H,2-10,13-15,17H2,1H3,(H,24,27)/t18-,20+/m0/s1. The average molecular weight is 450 g/mol. The number of amides is 1. The van der Waals surface area contributed by atoms with E-state index in [1.54, 1.807) is 18.2 Å². The zero-order chi connectivity index (χ0) is 21.8. The highest BCUT2D eigenvalue weighted by atomic mass is 32.2. The molecule has 1 N–H and O–H groups in total.